The molecule has 0 spiro atoms. The Morgan fingerprint density at radius 2 is 1.65 bits per heavy atom. The van der Waals surface area contributed by atoms with Gasteiger partial charge in [-0.25, -0.2) is 4.98 Å². The minimum Gasteiger partial charge on any atom is -0.358 e. The second-order valence-corrected chi connectivity index (χ2v) is 8.29. The molecule has 5 aromatic rings. The van der Waals surface area contributed by atoms with Gasteiger partial charge in [0.2, 0.25) is 0 Å². The van der Waals surface area contributed by atoms with Crippen LogP contribution in [-0.2, 0) is 0 Å². The summed E-state index contributed by atoms with van der Waals surface area (Å²) in [5.41, 5.74) is 6.43. The molecular weight excluding hydrogens is 422 g/mol. The monoisotopic (exact) mass is 447 g/mol. The van der Waals surface area contributed by atoms with Gasteiger partial charge in [-0.1, -0.05) is 29.8 Å². The number of fused-ring (bicyclic) bond motifs is 1. The van der Waals surface area contributed by atoms with Crippen LogP contribution in [0.1, 0.15) is 38.9 Å². The Morgan fingerprint density at radius 3 is 2.35 bits per heavy atom. The van der Waals surface area contributed by atoms with Gasteiger partial charge in [-0.15, -0.1) is 0 Å². The molecule has 0 aliphatic heterocycles. The number of benzene rings is 2. The highest BCUT2D eigenvalue weighted by Crippen LogP contribution is 2.34. The Hall–Kier alpha value is -4.45. The van der Waals surface area contributed by atoms with Crippen LogP contribution in [0.2, 0.25) is 0 Å². The molecule has 3 aromatic heterocycles. The van der Waals surface area contributed by atoms with E-state index in [1.54, 1.807) is 12.4 Å². The van der Waals surface area contributed by atoms with Gasteiger partial charge in [0.25, 0.3) is 5.91 Å². The van der Waals surface area contributed by atoms with Crippen molar-refractivity contribution in [3.63, 3.8) is 0 Å². The minimum absolute atomic E-state index is 0.138. The van der Waals surface area contributed by atoms with Gasteiger partial charge in [-0.3, -0.25) is 9.78 Å². The first kappa shape index (κ1) is 21.4. The Labute approximate surface area is 198 Å². The highest BCUT2D eigenvalue weighted by Gasteiger charge is 2.23. The Morgan fingerprint density at radius 1 is 0.882 bits per heavy atom. The van der Waals surface area contributed by atoms with E-state index in [4.69, 9.17) is 0 Å². The van der Waals surface area contributed by atoms with Crippen molar-refractivity contribution >= 4 is 28.3 Å². The summed E-state index contributed by atoms with van der Waals surface area (Å²) >= 11 is 0. The average Bonchev–Trinajstić information content (AvgIpc) is 3.19. The molecule has 6 nitrogen and oxygen atoms in total. The zero-order valence-electron chi connectivity index (χ0n) is 19.0. The molecule has 0 aliphatic carbocycles. The Bertz CT molecular complexity index is 1430. The molecule has 1 amide bonds. The van der Waals surface area contributed by atoms with E-state index >= 15 is 0 Å². The lowest BCUT2D eigenvalue weighted by molar-refractivity contribution is 0.102. The zero-order chi connectivity index (χ0) is 23.5. The number of hydrogen-bond donors (Lipinski definition) is 3. The van der Waals surface area contributed by atoms with Gasteiger partial charge in [-0.2, -0.15) is 0 Å². The van der Waals surface area contributed by atoms with Crippen molar-refractivity contribution in [1.82, 2.24) is 15.0 Å². The van der Waals surface area contributed by atoms with E-state index in [-0.39, 0.29) is 11.9 Å². The highest BCUT2D eigenvalue weighted by molar-refractivity contribution is 6.05. The first-order valence-corrected chi connectivity index (χ1v) is 11.2. The molecule has 0 unspecified atom stereocenters. The molecule has 1 atom stereocenters. The van der Waals surface area contributed by atoms with Crippen molar-refractivity contribution in [2.75, 3.05) is 10.6 Å². The number of H-pyrrole nitrogens is 1. The number of rotatable bonds is 6. The molecule has 5 rings (SSSR count). The molecule has 0 saturated heterocycles. The summed E-state index contributed by atoms with van der Waals surface area (Å²) in [6.07, 6.45) is 3.55. The van der Waals surface area contributed by atoms with Crippen molar-refractivity contribution in [3.8, 4) is 0 Å². The summed E-state index contributed by atoms with van der Waals surface area (Å²) in [5.74, 6) is 0.622. The summed E-state index contributed by atoms with van der Waals surface area (Å²) in [4.78, 5) is 25.4. The lowest BCUT2D eigenvalue weighted by Gasteiger charge is -2.20. The van der Waals surface area contributed by atoms with E-state index < -0.39 is 0 Å². The SMILES string of the molecule is Cc1ccc(C(=O)Nc2ccc3[nH]c(C)c([C@H](Nc4ccccn4)c4ccccn4)c3c2)cc1. The van der Waals surface area contributed by atoms with Gasteiger partial charge in [0.15, 0.2) is 0 Å². The third-order valence-electron chi connectivity index (χ3n) is 5.84. The normalized spacial score (nSPS) is 11.8. The van der Waals surface area contributed by atoms with Gasteiger partial charge in [0.05, 0.1) is 11.7 Å². The number of nitrogens with zero attached hydrogens (tertiary/aromatic N) is 2. The lowest BCUT2D eigenvalue weighted by atomic mass is 9.99. The number of anilines is 2. The van der Waals surface area contributed by atoms with Gasteiger partial charge in [-0.05, 0) is 68.4 Å². The molecule has 0 aliphatic rings. The maximum Gasteiger partial charge on any atom is 0.255 e. The number of hydrogen-bond acceptors (Lipinski definition) is 4. The third kappa shape index (κ3) is 4.38. The second-order valence-electron chi connectivity index (χ2n) is 8.29. The predicted molar refractivity (Wildman–Crippen MR) is 136 cm³/mol. The van der Waals surface area contributed by atoms with Crippen LogP contribution in [0.5, 0.6) is 0 Å². The van der Waals surface area contributed by atoms with Gasteiger partial charge in [0.1, 0.15) is 5.82 Å². The quantitative estimate of drug-likeness (QED) is 0.297. The van der Waals surface area contributed by atoms with E-state index in [0.29, 0.717) is 5.56 Å². The lowest BCUT2D eigenvalue weighted by Crippen LogP contribution is -2.15. The Kier molecular flexibility index (Phi) is 5.79. The fourth-order valence-electron chi connectivity index (χ4n) is 4.14. The standard InChI is InChI=1S/C28H25N5O/c1-18-9-11-20(12-10-18)28(34)32-21-13-14-23-22(17-21)26(19(2)31-23)27(24-7-3-5-15-29-24)33-25-8-4-6-16-30-25/h3-17,27,31H,1-2H3,(H,30,33)(H,32,34)/t27-/m1/s1. The van der Waals surface area contributed by atoms with E-state index in [2.05, 4.69) is 32.5 Å². The van der Waals surface area contributed by atoms with Crippen LogP contribution < -0.4 is 10.6 Å². The molecule has 0 fully saturated rings. The molecule has 6 heteroatoms. The first-order valence-electron chi connectivity index (χ1n) is 11.2. The van der Waals surface area contributed by atoms with Crippen LogP contribution in [0.4, 0.5) is 11.5 Å². The number of aryl methyl sites for hydroxylation is 2. The summed E-state index contributed by atoms with van der Waals surface area (Å²) in [7, 11) is 0. The van der Waals surface area contributed by atoms with Gasteiger partial charge >= 0.3 is 0 Å². The van der Waals surface area contributed by atoms with Crippen LogP contribution in [0.3, 0.4) is 0 Å². The van der Waals surface area contributed by atoms with Crippen molar-refractivity contribution in [2.24, 2.45) is 0 Å². The highest BCUT2D eigenvalue weighted by atomic mass is 16.1. The zero-order valence-corrected chi connectivity index (χ0v) is 19.0. The summed E-state index contributed by atoms with van der Waals surface area (Å²) in [6, 6.07) is 24.9. The van der Waals surface area contributed by atoms with Crippen LogP contribution >= 0.6 is 0 Å². The number of aromatic nitrogens is 3. The summed E-state index contributed by atoms with van der Waals surface area (Å²) in [5, 5.41) is 7.59. The number of aromatic amines is 1. The fraction of sp³-hybridized carbons (Fsp3) is 0.107. The van der Waals surface area contributed by atoms with Crippen molar-refractivity contribution in [3.05, 3.63) is 119 Å². The molecular formula is C28H25N5O. The molecule has 3 heterocycles. The first-order chi connectivity index (χ1) is 16.6. The van der Waals surface area contributed by atoms with Crippen LogP contribution in [0, 0.1) is 13.8 Å². The molecule has 168 valence electrons. The maximum atomic E-state index is 12.8. The van der Waals surface area contributed by atoms with Gasteiger partial charge < -0.3 is 15.6 Å². The average molecular weight is 448 g/mol. The van der Waals surface area contributed by atoms with Gasteiger partial charge in [0, 0.05) is 45.8 Å². The smallest absolute Gasteiger partial charge is 0.255 e. The fourth-order valence-corrected chi connectivity index (χ4v) is 4.14. The van der Waals surface area contributed by atoms with Crippen LogP contribution in [0.15, 0.2) is 91.3 Å². The maximum absolute atomic E-state index is 12.8. The number of amides is 1. The van der Waals surface area contributed by atoms with E-state index in [0.717, 1.165) is 44.9 Å². The minimum atomic E-state index is -0.229. The molecule has 0 bridgehead atoms. The topological polar surface area (TPSA) is 82.7 Å². The molecule has 34 heavy (non-hydrogen) atoms. The Balaban J connectivity index is 1.55. The summed E-state index contributed by atoms with van der Waals surface area (Å²) < 4.78 is 0. The van der Waals surface area contributed by atoms with E-state index in [1.165, 1.54) is 0 Å². The van der Waals surface area contributed by atoms with Crippen molar-refractivity contribution in [2.45, 2.75) is 19.9 Å². The number of carbonyl (C=O) groups excluding carboxylic acids is 1. The van der Waals surface area contributed by atoms with Crippen LogP contribution in [-0.4, -0.2) is 20.9 Å². The second kappa shape index (κ2) is 9.19. The molecule has 0 saturated carbocycles. The third-order valence-corrected chi connectivity index (χ3v) is 5.84. The van der Waals surface area contributed by atoms with E-state index in [9.17, 15) is 4.79 Å². The van der Waals surface area contributed by atoms with Crippen molar-refractivity contribution in [1.29, 1.82) is 0 Å². The number of carbonyl (C=O) groups is 1. The number of pyridine rings is 2. The molecule has 0 radical (unpaired) electrons. The number of nitrogens with one attached hydrogen (secondary N) is 3. The largest absolute Gasteiger partial charge is 0.358 e. The van der Waals surface area contributed by atoms with Crippen LogP contribution in [0.25, 0.3) is 10.9 Å². The molecule has 3 N–H and O–H groups in total. The molecule has 2 aromatic carbocycles. The predicted octanol–water partition coefficient (Wildman–Crippen LogP) is 6.03. The van der Waals surface area contributed by atoms with Crippen molar-refractivity contribution < 1.29 is 4.79 Å². The van der Waals surface area contributed by atoms with E-state index in [1.807, 2.05) is 85.8 Å². The summed E-state index contributed by atoms with van der Waals surface area (Å²) in [6.45, 7) is 4.05.